The smallest absolute Gasteiger partial charge is 0.306 e. The Bertz CT molecular complexity index is 854. The van der Waals surface area contributed by atoms with Crippen LogP contribution < -0.4 is 10.6 Å². The van der Waals surface area contributed by atoms with E-state index >= 15 is 0 Å². The highest BCUT2D eigenvalue weighted by molar-refractivity contribution is 6.33. The van der Waals surface area contributed by atoms with Gasteiger partial charge in [0, 0.05) is 25.2 Å². The van der Waals surface area contributed by atoms with Gasteiger partial charge in [0.1, 0.15) is 5.82 Å². The molecule has 2 N–H and O–H groups in total. The van der Waals surface area contributed by atoms with E-state index in [1.807, 2.05) is 22.9 Å². The summed E-state index contributed by atoms with van der Waals surface area (Å²) in [6, 6.07) is 9.67. The number of hydrogen-bond acceptors (Lipinski definition) is 3. The molecule has 2 aromatic rings. The molecule has 4 rings (SSSR count). The summed E-state index contributed by atoms with van der Waals surface area (Å²) in [4.78, 5) is 15.0. The van der Waals surface area contributed by atoms with Crippen LogP contribution in [0.2, 0.25) is 5.02 Å². The Hall–Kier alpha value is -2.05. The summed E-state index contributed by atoms with van der Waals surface area (Å²) in [5, 5.41) is 10.7. The van der Waals surface area contributed by atoms with Gasteiger partial charge in [-0.05, 0) is 56.6 Å². The summed E-state index contributed by atoms with van der Waals surface area (Å²) in [6.07, 6.45) is 7.90. The molecule has 1 aromatic heterocycles. The summed E-state index contributed by atoms with van der Waals surface area (Å²) in [5.74, 6) is 0.714. The number of hydrogen-bond donors (Lipinski definition) is 2. The van der Waals surface area contributed by atoms with Gasteiger partial charge in [-0.15, -0.1) is 0 Å². The quantitative estimate of drug-likeness (QED) is 0.664. The van der Waals surface area contributed by atoms with Gasteiger partial charge in [0.15, 0.2) is 0 Å². The Morgan fingerprint density at radius 3 is 2.66 bits per heavy atom. The van der Waals surface area contributed by atoms with Crippen LogP contribution in [0.4, 0.5) is 16.3 Å². The number of aromatic nitrogens is 2. The molecule has 0 radical (unpaired) electrons. The number of likely N-dealkylation sites (tertiary alicyclic amines) is 1. The number of nitrogens with one attached hydrogen (secondary N) is 2. The molecule has 2 heterocycles. The van der Waals surface area contributed by atoms with Crippen molar-refractivity contribution in [3.63, 3.8) is 0 Å². The first-order valence-electron chi connectivity index (χ1n) is 10.5. The molecular weight excluding hydrogens is 386 g/mol. The van der Waals surface area contributed by atoms with Crippen LogP contribution in [0.25, 0.3) is 0 Å². The number of urea groups is 1. The van der Waals surface area contributed by atoms with Gasteiger partial charge in [0.25, 0.3) is 0 Å². The lowest BCUT2D eigenvalue weighted by molar-refractivity contribution is 0.122. The molecule has 1 aromatic carbocycles. The summed E-state index contributed by atoms with van der Waals surface area (Å²) >= 11 is 6.12. The third-order valence-electron chi connectivity index (χ3n) is 6.39. The molecule has 1 saturated carbocycles. The van der Waals surface area contributed by atoms with E-state index in [2.05, 4.69) is 34.5 Å². The minimum absolute atomic E-state index is 0.306. The Morgan fingerprint density at radius 2 is 1.97 bits per heavy atom. The van der Waals surface area contributed by atoms with Crippen LogP contribution in [0, 0.1) is 5.41 Å². The van der Waals surface area contributed by atoms with E-state index < -0.39 is 0 Å². The fourth-order valence-corrected chi connectivity index (χ4v) is 4.55. The minimum atomic E-state index is -0.316. The molecule has 6 nitrogen and oxygen atoms in total. The third-order valence-corrected chi connectivity index (χ3v) is 6.72. The first-order chi connectivity index (χ1) is 13.9. The Labute approximate surface area is 177 Å². The summed E-state index contributed by atoms with van der Waals surface area (Å²) < 4.78 is 1.95. The molecule has 29 heavy (non-hydrogen) atoms. The van der Waals surface area contributed by atoms with E-state index in [0.29, 0.717) is 34.0 Å². The number of piperidine rings is 1. The fraction of sp³-hybridized carbons (Fsp3) is 0.545. The van der Waals surface area contributed by atoms with Crippen molar-refractivity contribution in [1.29, 1.82) is 0 Å². The lowest BCUT2D eigenvalue weighted by Gasteiger charge is -2.37. The van der Waals surface area contributed by atoms with E-state index in [0.717, 1.165) is 25.9 Å². The number of amides is 2. The molecule has 1 atom stereocenters. The number of para-hydroxylation sites is 1. The number of carbonyl (C=O) groups is 1. The van der Waals surface area contributed by atoms with Crippen LogP contribution in [0.1, 0.15) is 52.0 Å². The molecule has 0 bridgehead atoms. The Morgan fingerprint density at radius 1 is 1.24 bits per heavy atom. The zero-order valence-corrected chi connectivity index (χ0v) is 18.0. The van der Waals surface area contributed by atoms with Crippen molar-refractivity contribution in [1.82, 2.24) is 14.7 Å². The summed E-state index contributed by atoms with van der Waals surface area (Å²) in [6.45, 7) is 6.93. The zero-order valence-electron chi connectivity index (χ0n) is 17.2. The van der Waals surface area contributed by atoms with Gasteiger partial charge < -0.3 is 10.2 Å². The molecule has 1 saturated heterocycles. The van der Waals surface area contributed by atoms with Crippen LogP contribution in [-0.4, -0.2) is 39.8 Å². The van der Waals surface area contributed by atoms with Gasteiger partial charge in [-0.25, -0.2) is 9.48 Å². The lowest BCUT2D eigenvalue weighted by Crippen LogP contribution is -2.41. The lowest BCUT2D eigenvalue weighted by atomic mass is 9.96. The van der Waals surface area contributed by atoms with Crippen molar-refractivity contribution in [3.8, 4) is 0 Å². The first kappa shape index (κ1) is 20.2. The van der Waals surface area contributed by atoms with Gasteiger partial charge in [0.05, 0.1) is 22.9 Å². The SMILES string of the molecule is CC(CC1(C)CC1)N1CCC(n2nccc2NC(=O)Nc2ccccc2Cl)CC1. The number of halogens is 1. The van der Waals surface area contributed by atoms with Crippen molar-refractivity contribution in [3.05, 3.63) is 41.6 Å². The normalized spacial score (nSPS) is 20.2. The van der Waals surface area contributed by atoms with Crippen molar-refractivity contribution in [2.45, 2.75) is 58.0 Å². The van der Waals surface area contributed by atoms with Crippen LogP contribution in [0.15, 0.2) is 36.5 Å². The highest BCUT2D eigenvalue weighted by Crippen LogP contribution is 2.49. The summed E-state index contributed by atoms with van der Waals surface area (Å²) in [7, 11) is 0. The Balaban J connectivity index is 1.32. The topological polar surface area (TPSA) is 62.2 Å². The maximum absolute atomic E-state index is 12.4. The van der Waals surface area contributed by atoms with Gasteiger partial charge in [-0.2, -0.15) is 5.10 Å². The number of carbonyl (C=O) groups excluding carboxylic acids is 1. The standard InChI is InChI=1S/C22H30ClN5O/c1-16(15-22(2)10-11-22)27-13-8-17(9-14-27)28-20(7-12-24-28)26-21(29)25-19-6-4-3-5-18(19)23/h3-7,12,16-17H,8-11,13-15H2,1-2H3,(H2,25,26,29). The second-order valence-corrected chi connectivity index (χ2v) is 9.26. The molecule has 2 aliphatic rings. The van der Waals surface area contributed by atoms with Crippen LogP contribution in [0.3, 0.4) is 0 Å². The number of rotatable bonds is 6. The zero-order chi connectivity index (χ0) is 20.4. The van der Waals surface area contributed by atoms with Crippen LogP contribution in [0.5, 0.6) is 0 Å². The highest BCUT2D eigenvalue weighted by atomic mass is 35.5. The average Bonchev–Trinajstić information content (AvgIpc) is 3.24. The van der Waals surface area contributed by atoms with Gasteiger partial charge in [0.2, 0.25) is 0 Å². The van der Waals surface area contributed by atoms with Crippen molar-refractivity contribution < 1.29 is 4.79 Å². The van der Waals surface area contributed by atoms with E-state index in [1.165, 1.54) is 19.3 Å². The van der Waals surface area contributed by atoms with Gasteiger partial charge >= 0.3 is 6.03 Å². The molecule has 0 spiro atoms. The van der Waals surface area contributed by atoms with E-state index in [1.54, 1.807) is 18.3 Å². The predicted octanol–water partition coefficient (Wildman–Crippen LogP) is 5.40. The molecule has 156 valence electrons. The molecular formula is C22H30ClN5O. The van der Waals surface area contributed by atoms with E-state index in [-0.39, 0.29) is 6.03 Å². The van der Waals surface area contributed by atoms with E-state index in [4.69, 9.17) is 11.6 Å². The summed E-state index contributed by atoms with van der Waals surface area (Å²) in [5.41, 5.74) is 1.18. The van der Waals surface area contributed by atoms with Crippen molar-refractivity contribution in [2.24, 2.45) is 5.41 Å². The van der Waals surface area contributed by atoms with Crippen molar-refractivity contribution >= 4 is 29.1 Å². The van der Waals surface area contributed by atoms with Crippen LogP contribution in [-0.2, 0) is 0 Å². The number of nitrogens with zero attached hydrogens (tertiary/aromatic N) is 3. The second kappa shape index (κ2) is 8.36. The molecule has 2 fully saturated rings. The maximum Gasteiger partial charge on any atom is 0.324 e. The molecule has 1 aliphatic carbocycles. The first-order valence-corrected chi connectivity index (χ1v) is 10.9. The van der Waals surface area contributed by atoms with Crippen molar-refractivity contribution in [2.75, 3.05) is 23.7 Å². The average molecular weight is 416 g/mol. The second-order valence-electron chi connectivity index (χ2n) is 8.85. The monoisotopic (exact) mass is 415 g/mol. The number of anilines is 2. The molecule has 2 amide bonds. The van der Waals surface area contributed by atoms with E-state index in [9.17, 15) is 4.79 Å². The van der Waals surface area contributed by atoms with Crippen LogP contribution >= 0.6 is 11.6 Å². The number of benzene rings is 1. The largest absolute Gasteiger partial charge is 0.324 e. The van der Waals surface area contributed by atoms with Gasteiger partial charge in [-0.1, -0.05) is 30.7 Å². The molecule has 1 unspecified atom stereocenters. The maximum atomic E-state index is 12.4. The molecule has 1 aliphatic heterocycles. The third kappa shape index (κ3) is 4.93. The Kier molecular flexibility index (Phi) is 5.83. The van der Waals surface area contributed by atoms with Gasteiger partial charge in [-0.3, -0.25) is 5.32 Å². The highest BCUT2D eigenvalue weighted by Gasteiger charge is 2.39. The molecule has 7 heteroatoms. The minimum Gasteiger partial charge on any atom is -0.306 e. The predicted molar refractivity (Wildman–Crippen MR) is 118 cm³/mol. The fourth-order valence-electron chi connectivity index (χ4n) is 4.37.